The van der Waals surface area contributed by atoms with Crippen LogP contribution in [0.5, 0.6) is 5.75 Å². The Hall–Kier alpha value is -1.97. The molecular weight excluding hydrogens is 194 g/mol. The minimum Gasteiger partial charge on any atom is -0.497 e. The zero-order valence-electron chi connectivity index (χ0n) is 8.65. The fourth-order valence-corrected chi connectivity index (χ4v) is 1.15. The van der Waals surface area contributed by atoms with Crippen LogP contribution in [0.4, 0.5) is 5.69 Å². The molecule has 0 unspecified atom stereocenters. The van der Waals surface area contributed by atoms with Crippen LogP contribution in [0.1, 0.15) is 6.92 Å². The first-order chi connectivity index (χ1) is 7.11. The van der Waals surface area contributed by atoms with Crippen molar-refractivity contribution in [1.29, 1.82) is 0 Å². The minimum absolute atomic E-state index is 0.566. The van der Waals surface area contributed by atoms with Crippen molar-refractivity contribution in [1.82, 2.24) is 0 Å². The molecule has 0 atom stereocenters. The predicted octanol–water partition coefficient (Wildman–Crippen LogP) is 2.10. The zero-order valence-corrected chi connectivity index (χ0v) is 8.65. The Bertz CT molecular complexity index is 385. The summed E-state index contributed by atoms with van der Waals surface area (Å²) in [5.74, 6) is -0.244. The maximum absolute atomic E-state index is 10.4. The van der Waals surface area contributed by atoms with Crippen LogP contribution in [0.15, 0.2) is 36.0 Å². The summed E-state index contributed by atoms with van der Waals surface area (Å²) in [4.78, 5) is 10.4. The van der Waals surface area contributed by atoms with Gasteiger partial charge in [-0.3, -0.25) is 0 Å². The molecule has 0 heterocycles. The van der Waals surface area contributed by atoms with E-state index in [9.17, 15) is 4.79 Å². The molecule has 15 heavy (non-hydrogen) atoms. The largest absolute Gasteiger partial charge is 0.497 e. The number of carbonyl (C=O) groups is 1. The van der Waals surface area contributed by atoms with Gasteiger partial charge in [-0.1, -0.05) is 6.07 Å². The van der Waals surface area contributed by atoms with E-state index < -0.39 is 5.97 Å². The second kappa shape index (κ2) is 5.05. The number of aliphatic carboxylic acids is 1. The molecule has 1 aromatic rings. The molecule has 0 aliphatic carbocycles. The number of anilines is 1. The molecular formula is C11H13NO3. The Morgan fingerprint density at radius 3 is 2.87 bits per heavy atom. The lowest BCUT2D eigenvalue weighted by molar-refractivity contribution is -0.131. The van der Waals surface area contributed by atoms with Gasteiger partial charge in [0.1, 0.15) is 5.75 Å². The predicted molar refractivity (Wildman–Crippen MR) is 58.0 cm³/mol. The first-order valence-corrected chi connectivity index (χ1v) is 4.44. The Balaban J connectivity index is 2.76. The second-order valence-corrected chi connectivity index (χ2v) is 3.02. The number of hydrogen-bond donors (Lipinski definition) is 2. The number of ether oxygens (including phenoxy) is 1. The minimum atomic E-state index is -0.970. The summed E-state index contributed by atoms with van der Waals surface area (Å²) >= 11 is 0. The number of rotatable bonds is 4. The lowest BCUT2D eigenvalue weighted by Gasteiger charge is -2.07. The third-order valence-corrected chi connectivity index (χ3v) is 1.75. The normalized spacial score (nSPS) is 10.9. The first kappa shape index (κ1) is 11.1. The molecule has 0 bridgehead atoms. The third-order valence-electron chi connectivity index (χ3n) is 1.75. The molecule has 0 aromatic heterocycles. The van der Waals surface area contributed by atoms with Crippen molar-refractivity contribution < 1.29 is 14.6 Å². The van der Waals surface area contributed by atoms with Gasteiger partial charge >= 0.3 is 5.97 Å². The average molecular weight is 207 g/mol. The average Bonchev–Trinajstić information content (AvgIpc) is 2.16. The van der Waals surface area contributed by atoms with Crippen LogP contribution in [0.3, 0.4) is 0 Å². The molecule has 0 saturated heterocycles. The Morgan fingerprint density at radius 2 is 2.27 bits per heavy atom. The van der Waals surface area contributed by atoms with E-state index in [0.29, 0.717) is 5.70 Å². The van der Waals surface area contributed by atoms with Crippen LogP contribution in [-0.4, -0.2) is 18.2 Å². The van der Waals surface area contributed by atoms with Crippen molar-refractivity contribution in [3.05, 3.63) is 36.0 Å². The highest BCUT2D eigenvalue weighted by Gasteiger charge is 1.97. The SMILES string of the molecule is COc1cccc(N/C(C)=C\C(=O)O)c1. The van der Waals surface area contributed by atoms with Crippen LogP contribution in [0.25, 0.3) is 0 Å². The van der Waals surface area contributed by atoms with Crippen LogP contribution in [-0.2, 0) is 4.79 Å². The smallest absolute Gasteiger partial charge is 0.330 e. The quantitative estimate of drug-likeness (QED) is 0.742. The molecule has 0 fully saturated rings. The van der Waals surface area contributed by atoms with E-state index in [-0.39, 0.29) is 0 Å². The van der Waals surface area contributed by atoms with E-state index >= 15 is 0 Å². The van der Waals surface area contributed by atoms with Crippen molar-refractivity contribution >= 4 is 11.7 Å². The van der Waals surface area contributed by atoms with Crippen molar-refractivity contribution in [2.75, 3.05) is 12.4 Å². The zero-order chi connectivity index (χ0) is 11.3. The highest BCUT2D eigenvalue weighted by Crippen LogP contribution is 2.17. The van der Waals surface area contributed by atoms with Gasteiger partial charge in [0.15, 0.2) is 0 Å². The summed E-state index contributed by atoms with van der Waals surface area (Å²) < 4.78 is 5.04. The topological polar surface area (TPSA) is 58.6 Å². The van der Waals surface area contributed by atoms with E-state index in [1.165, 1.54) is 0 Å². The standard InChI is InChI=1S/C11H13NO3/c1-8(6-11(13)14)12-9-4-3-5-10(7-9)15-2/h3-7,12H,1-2H3,(H,13,14)/b8-6-. The monoisotopic (exact) mass is 207 g/mol. The van der Waals surface area contributed by atoms with Crippen LogP contribution < -0.4 is 10.1 Å². The third kappa shape index (κ3) is 3.72. The van der Waals surface area contributed by atoms with Gasteiger partial charge in [-0.05, 0) is 19.1 Å². The van der Waals surface area contributed by atoms with E-state index in [4.69, 9.17) is 9.84 Å². The number of hydrogen-bond acceptors (Lipinski definition) is 3. The lowest BCUT2D eigenvalue weighted by Crippen LogP contribution is -1.99. The van der Waals surface area contributed by atoms with Crippen molar-refractivity contribution in [2.45, 2.75) is 6.92 Å². The van der Waals surface area contributed by atoms with Gasteiger partial charge in [-0.2, -0.15) is 0 Å². The Kier molecular flexibility index (Phi) is 3.74. The van der Waals surface area contributed by atoms with Crippen LogP contribution >= 0.6 is 0 Å². The van der Waals surface area contributed by atoms with E-state index in [2.05, 4.69) is 5.32 Å². The van der Waals surface area contributed by atoms with Crippen LogP contribution in [0.2, 0.25) is 0 Å². The number of nitrogens with one attached hydrogen (secondary N) is 1. The summed E-state index contributed by atoms with van der Waals surface area (Å²) in [6, 6.07) is 7.28. The number of carboxylic acids is 1. The molecule has 0 amide bonds. The van der Waals surface area contributed by atoms with Gasteiger partial charge in [0, 0.05) is 23.5 Å². The Labute approximate surface area is 88.2 Å². The van der Waals surface area contributed by atoms with E-state index in [1.807, 2.05) is 18.2 Å². The first-order valence-electron chi connectivity index (χ1n) is 4.44. The highest BCUT2D eigenvalue weighted by molar-refractivity contribution is 5.81. The van der Waals surface area contributed by atoms with Crippen molar-refractivity contribution in [3.63, 3.8) is 0 Å². The summed E-state index contributed by atoms with van der Waals surface area (Å²) in [6.07, 6.45) is 1.11. The second-order valence-electron chi connectivity index (χ2n) is 3.02. The number of carboxylic acid groups (broad SMARTS) is 1. The molecule has 0 radical (unpaired) electrons. The summed E-state index contributed by atoms with van der Waals surface area (Å²) in [7, 11) is 1.58. The number of methoxy groups -OCH3 is 1. The molecule has 0 aliphatic rings. The fourth-order valence-electron chi connectivity index (χ4n) is 1.15. The summed E-state index contributed by atoms with van der Waals surface area (Å²) in [6.45, 7) is 1.69. The molecule has 1 aromatic carbocycles. The van der Waals surface area contributed by atoms with Gasteiger partial charge in [0.2, 0.25) is 0 Å². The molecule has 0 aliphatic heterocycles. The van der Waals surface area contributed by atoms with E-state index in [0.717, 1.165) is 17.5 Å². The molecule has 2 N–H and O–H groups in total. The van der Waals surface area contributed by atoms with Crippen LogP contribution in [0, 0.1) is 0 Å². The molecule has 0 saturated carbocycles. The van der Waals surface area contributed by atoms with Gasteiger partial charge in [-0.25, -0.2) is 4.79 Å². The maximum atomic E-state index is 10.4. The van der Waals surface area contributed by atoms with Gasteiger partial charge in [0.25, 0.3) is 0 Å². The van der Waals surface area contributed by atoms with Crippen molar-refractivity contribution in [2.24, 2.45) is 0 Å². The molecule has 80 valence electrons. The molecule has 1 rings (SSSR count). The van der Waals surface area contributed by atoms with Gasteiger partial charge in [-0.15, -0.1) is 0 Å². The summed E-state index contributed by atoms with van der Waals surface area (Å²) in [5, 5.41) is 11.5. The van der Waals surface area contributed by atoms with E-state index in [1.54, 1.807) is 20.1 Å². The maximum Gasteiger partial charge on any atom is 0.330 e. The number of benzene rings is 1. The lowest BCUT2D eigenvalue weighted by atomic mass is 10.3. The summed E-state index contributed by atoms with van der Waals surface area (Å²) in [5.41, 5.74) is 1.36. The van der Waals surface area contributed by atoms with Gasteiger partial charge < -0.3 is 15.2 Å². The van der Waals surface area contributed by atoms with Crippen molar-refractivity contribution in [3.8, 4) is 5.75 Å². The molecule has 4 heteroatoms. The number of allylic oxidation sites excluding steroid dienone is 1. The molecule has 4 nitrogen and oxygen atoms in total. The Morgan fingerprint density at radius 1 is 1.53 bits per heavy atom. The highest BCUT2D eigenvalue weighted by atomic mass is 16.5. The van der Waals surface area contributed by atoms with Gasteiger partial charge in [0.05, 0.1) is 7.11 Å². The fraction of sp³-hybridized carbons (Fsp3) is 0.182. The molecule has 0 spiro atoms.